The maximum Gasteiger partial charge on any atom is 0.294 e. The zero-order valence-corrected chi connectivity index (χ0v) is 14.0. The molecule has 0 atom stereocenters. The Hall–Kier alpha value is -2.89. The smallest absolute Gasteiger partial charge is 0.294 e. The third-order valence-corrected chi connectivity index (χ3v) is 5.08. The van der Waals surface area contributed by atoms with Crippen molar-refractivity contribution < 1.29 is 13.0 Å². The van der Waals surface area contributed by atoms with Crippen LogP contribution in [0.5, 0.6) is 0 Å². The molecule has 0 saturated carbocycles. The molecular weight excluding hydrogens is 334 g/mol. The van der Waals surface area contributed by atoms with Crippen LogP contribution in [0.2, 0.25) is 0 Å². The summed E-state index contributed by atoms with van der Waals surface area (Å²) < 4.78 is 33.7. The number of hydrogen-bond acceptors (Lipinski definition) is 2. The molecule has 0 aliphatic rings. The summed E-state index contributed by atoms with van der Waals surface area (Å²) in [5.74, 6) is 0. The average molecular weight is 349 g/mol. The molecule has 4 aromatic rings. The number of benzene rings is 3. The van der Waals surface area contributed by atoms with Crippen molar-refractivity contribution >= 4 is 21.0 Å². The molecule has 3 aromatic carbocycles. The molecule has 0 radical (unpaired) electrons. The van der Waals surface area contributed by atoms with Crippen molar-refractivity contribution in [1.82, 2.24) is 4.57 Å². The SMILES string of the molecule is O=S(=O)(O)c1ccc(-c2cn(-c3ccccc3)c3ccccc23)cc1. The van der Waals surface area contributed by atoms with Gasteiger partial charge in [0.15, 0.2) is 0 Å². The fourth-order valence-corrected chi connectivity index (χ4v) is 3.50. The van der Waals surface area contributed by atoms with Gasteiger partial charge in [0, 0.05) is 22.8 Å². The van der Waals surface area contributed by atoms with E-state index in [1.807, 2.05) is 54.7 Å². The number of hydrogen-bond donors (Lipinski definition) is 1. The lowest BCUT2D eigenvalue weighted by Gasteiger charge is -2.04. The van der Waals surface area contributed by atoms with Gasteiger partial charge in [0.2, 0.25) is 0 Å². The highest BCUT2D eigenvalue weighted by atomic mass is 32.2. The fourth-order valence-electron chi connectivity index (χ4n) is 3.02. The van der Waals surface area contributed by atoms with E-state index in [0.717, 1.165) is 27.7 Å². The molecule has 0 amide bonds. The Kier molecular flexibility index (Phi) is 3.67. The summed E-state index contributed by atoms with van der Waals surface area (Å²) >= 11 is 0. The molecule has 0 saturated heterocycles. The number of nitrogens with zero attached hydrogens (tertiary/aromatic N) is 1. The molecule has 0 fully saturated rings. The Bertz CT molecular complexity index is 1140. The minimum absolute atomic E-state index is 0.108. The first-order chi connectivity index (χ1) is 12.0. The summed E-state index contributed by atoms with van der Waals surface area (Å²) in [5.41, 5.74) is 4.02. The van der Waals surface area contributed by atoms with Crippen LogP contribution in [0, 0.1) is 0 Å². The van der Waals surface area contributed by atoms with Crippen molar-refractivity contribution in [3.05, 3.63) is 85.1 Å². The maximum absolute atomic E-state index is 11.2. The topological polar surface area (TPSA) is 59.3 Å². The van der Waals surface area contributed by atoms with E-state index >= 15 is 0 Å². The normalized spacial score (nSPS) is 11.7. The van der Waals surface area contributed by atoms with Gasteiger partial charge >= 0.3 is 0 Å². The maximum atomic E-state index is 11.2. The molecule has 1 heterocycles. The summed E-state index contributed by atoms with van der Waals surface area (Å²) in [5, 5.41) is 1.07. The van der Waals surface area contributed by atoms with E-state index < -0.39 is 10.1 Å². The highest BCUT2D eigenvalue weighted by Crippen LogP contribution is 2.33. The van der Waals surface area contributed by atoms with Gasteiger partial charge in [-0.1, -0.05) is 48.5 Å². The van der Waals surface area contributed by atoms with Crippen molar-refractivity contribution in [2.24, 2.45) is 0 Å². The zero-order chi connectivity index (χ0) is 17.4. The average Bonchev–Trinajstić information content (AvgIpc) is 3.02. The standard InChI is InChI=1S/C20H15NO3S/c22-25(23,24)17-12-10-15(11-13-17)19-14-21(16-6-2-1-3-7-16)20-9-5-4-8-18(19)20/h1-14H,(H,22,23,24). The van der Waals surface area contributed by atoms with Gasteiger partial charge in [-0.05, 0) is 35.9 Å². The molecule has 0 bridgehead atoms. The number of rotatable bonds is 3. The van der Waals surface area contributed by atoms with Crippen molar-refractivity contribution in [3.63, 3.8) is 0 Å². The molecule has 1 N–H and O–H groups in total. The van der Waals surface area contributed by atoms with Crippen molar-refractivity contribution in [2.45, 2.75) is 4.90 Å². The Balaban J connectivity index is 1.91. The molecule has 0 aliphatic carbocycles. The highest BCUT2D eigenvalue weighted by molar-refractivity contribution is 7.85. The number of fused-ring (bicyclic) bond motifs is 1. The molecular formula is C20H15NO3S. The first-order valence-corrected chi connectivity index (χ1v) is 9.21. The third-order valence-electron chi connectivity index (χ3n) is 4.21. The van der Waals surface area contributed by atoms with E-state index in [1.54, 1.807) is 12.1 Å². The van der Waals surface area contributed by atoms with Gasteiger partial charge in [-0.25, -0.2) is 0 Å². The molecule has 0 spiro atoms. The number of para-hydroxylation sites is 2. The highest BCUT2D eigenvalue weighted by Gasteiger charge is 2.13. The second-order valence-electron chi connectivity index (χ2n) is 5.76. The summed E-state index contributed by atoms with van der Waals surface area (Å²) in [7, 11) is -4.19. The van der Waals surface area contributed by atoms with Crippen molar-refractivity contribution in [3.8, 4) is 16.8 Å². The first-order valence-electron chi connectivity index (χ1n) is 7.77. The molecule has 4 nitrogen and oxygen atoms in total. The van der Waals surface area contributed by atoms with Crippen LogP contribution >= 0.6 is 0 Å². The number of aromatic nitrogens is 1. The van der Waals surface area contributed by atoms with E-state index in [4.69, 9.17) is 4.55 Å². The Morgan fingerprint density at radius 2 is 1.40 bits per heavy atom. The molecule has 1 aromatic heterocycles. The molecule has 0 unspecified atom stereocenters. The van der Waals surface area contributed by atoms with Gasteiger partial charge in [0.05, 0.1) is 10.4 Å². The van der Waals surface area contributed by atoms with E-state index in [2.05, 4.69) is 10.6 Å². The van der Waals surface area contributed by atoms with Crippen LogP contribution in [-0.2, 0) is 10.1 Å². The van der Waals surface area contributed by atoms with Gasteiger partial charge in [-0.2, -0.15) is 8.42 Å². The Morgan fingerprint density at radius 1 is 0.760 bits per heavy atom. The predicted molar refractivity (Wildman–Crippen MR) is 98.5 cm³/mol. The Morgan fingerprint density at radius 3 is 2.08 bits per heavy atom. The molecule has 124 valence electrons. The van der Waals surface area contributed by atoms with Crippen molar-refractivity contribution in [1.29, 1.82) is 0 Å². The van der Waals surface area contributed by atoms with Crippen LogP contribution in [-0.4, -0.2) is 17.5 Å². The molecule has 5 heteroatoms. The van der Waals surface area contributed by atoms with Crippen LogP contribution in [0.25, 0.3) is 27.7 Å². The second kappa shape index (κ2) is 5.88. The van der Waals surface area contributed by atoms with E-state index in [-0.39, 0.29) is 4.90 Å². The van der Waals surface area contributed by atoms with Gasteiger partial charge in [0.25, 0.3) is 10.1 Å². The largest absolute Gasteiger partial charge is 0.316 e. The summed E-state index contributed by atoms with van der Waals surface area (Å²) in [4.78, 5) is -0.108. The summed E-state index contributed by atoms with van der Waals surface area (Å²) in [6.07, 6.45) is 2.04. The first kappa shape index (κ1) is 15.6. The van der Waals surface area contributed by atoms with Gasteiger partial charge < -0.3 is 4.57 Å². The minimum atomic E-state index is -4.19. The minimum Gasteiger partial charge on any atom is -0.316 e. The molecule has 0 aliphatic heterocycles. The van der Waals surface area contributed by atoms with Gasteiger partial charge in [-0.15, -0.1) is 0 Å². The zero-order valence-electron chi connectivity index (χ0n) is 13.2. The van der Waals surface area contributed by atoms with E-state index in [0.29, 0.717) is 0 Å². The lowest BCUT2D eigenvalue weighted by Crippen LogP contribution is -1.97. The lowest BCUT2D eigenvalue weighted by molar-refractivity contribution is 0.483. The quantitative estimate of drug-likeness (QED) is 0.552. The van der Waals surface area contributed by atoms with Crippen LogP contribution < -0.4 is 0 Å². The van der Waals surface area contributed by atoms with E-state index in [9.17, 15) is 8.42 Å². The summed E-state index contributed by atoms with van der Waals surface area (Å²) in [6.45, 7) is 0. The lowest BCUT2D eigenvalue weighted by atomic mass is 10.1. The molecule has 4 rings (SSSR count). The van der Waals surface area contributed by atoms with Crippen molar-refractivity contribution in [2.75, 3.05) is 0 Å². The predicted octanol–water partition coefficient (Wildman–Crippen LogP) is 4.54. The van der Waals surface area contributed by atoms with Crippen LogP contribution in [0.15, 0.2) is 90.0 Å². The second-order valence-corrected chi connectivity index (χ2v) is 7.19. The van der Waals surface area contributed by atoms with Crippen LogP contribution in [0.1, 0.15) is 0 Å². The van der Waals surface area contributed by atoms with Gasteiger partial charge in [-0.3, -0.25) is 4.55 Å². The van der Waals surface area contributed by atoms with Crippen LogP contribution in [0.4, 0.5) is 0 Å². The fraction of sp³-hybridized carbons (Fsp3) is 0. The summed E-state index contributed by atoms with van der Waals surface area (Å²) in [6, 6.07) is 24.4. The Labute approximate surface area is 145 Å². The van der Waals surface area contributed by atoms with Crippen LogP contribution in [0.3, 0.4) is 0 Å². The molecule has 25 heavy (non-hydrogen) atoms. The van der Waals surface area contributed by atoms with Gasteiger partial charge in [0.1, 0.15) is 0 Å². The monoisotopic (exact) mass is 349 g/mol. The third kappa shape index (κ3) is 2.84. The van der Waals surface area contributed by atoms with E-state index in [1.165, 1.54) is 12.1 Å².